The molecular weight excluding hydrogens is 328 g/mol. The highest BCUT2D eigenvalue weighted by Crippen LogP contribution is 2.22. The molecule has 26 heavy (non-hydrogen) atoms. The smallest absolute Gasteiger partial charge is 0.213 e. The Kier molecular flexibility index (Phi) is 6.66. The maximum atomic E-state index is 5.85. The third-order valence-electron chi connectivity index (χ3n) is 4.04. The molecule has 0 atom stereocenters. The van der Waals surface area contributed by atoms with E-state index >= 15 is 0 Å². The minimum Gasteiger partial charge on any atom is -0.491 e. The van der Waals surface area contributed by atoms with Crippen molar-refractivity contribution in [1.29, 1.82) is 0 Å². The van der Waals surface area contributed by atoms with Crippen LogP contribution in [0, 0.1) is 6.92 Å². The number of hydrogen-bond donors (Lipinski definition) is 1. The molecular formula is C20H30N4O2. The number of rotatable bonds is 6. The van der Waals surface area contributed by atoms with Crippen molar-refractivity contribution in [3.05, 3.63) is 47.7 Å². The van der Waals surface area contributed by atoms with Crippen molar-refractivity contribution in [2.75, 3.05) is 27.2 Å². The monoisotopic (exact) mass is 358 g/mol. The average Bonchev–Trinajstić information content (AvgIpc) is 3.06. The van der Waals surface area contributed by atoms with Crippen LogP contribution in [-0.4, -0.2) is 43.1 Å². The van der Waals surface area contributed by atoms with Gasteiger partial charge in [0.1, 0.15) is 18.1 Å². The Morgan fingerprint density at radius 1 is 1.31 bits per heavy atom. The molecule has 0 saturated carbocycles. The lowest BCUT2D eigenvalue weighted by Gasteiger charge is -2.22. The van der Waals surface area contributed by atoms with Crippen LogP contribution < -0.4 is 10.1 Å². The zero-order valence-electron chi connectivity index (χ0n) is 16.7. The summed E-state index contributed by atoms with van der Waals surface area (Å²) in [4.78, 5) is 10.7. The maximum absolute atomic E-state index is 5.85. The molecule has 0 bridgehead atoms. The van der Waals surface area contributed by atoms with Crippen LogP contribution in [0.3, 0.4) is 0 Å². The number of likely N-dealkylation sites (N-methyl/N-ethyl adjacent to an activating group) is 1. The van der Waals surface area contributed by atoms with Crippen molar-refractivity contribution >= 4 is 5.96 Å². The molecule has 1 N–H and O–H groups in total. The highest BCUT2D eigenvalue weighted by atomic mass is 16.5. The van der Waals surface area contributed by atoms with Gasteiger partial charge in [-0.25, -0.2) is 4.98 Å². The van der Waals surface area contributed by atoms with Crippen molar-refractivity contribution in [2.45, 2.75) is 39.7 Å². The molecule has 2 aromatic rings. The van der Waals surface area contributed by atoms with E-state index in [1.807, 2.05) is 43.1 Å². The first kappa shape index (κ1) is 19.8. The predicted octanol–water partition coefficient (Wildman–Crippen LogP) is 3.37. The molecule has 1 aromatic carbocycles. The normalized spacial score (nSPS) is 12.2. The third-order valence-corrected chi connectivity index (χ3v) is 4.04. The van der Waals surface area contributed by atoms with Gasteiger partial charge >= 0.3 is 0 Å². The molecule has 0 radical (unpaired) electrons. The zero-order valence-corrected chi connectivity index (χ0v) is 16.7. The Balaban J connectivity index is 1.82. The van der Waals surface area contributed by atoms with Crippen LogP contribution in [0.15, 0.2) is 39.9 Å². The van der Waals surface area contributed by atoms with Gasteiger partial charge in [0.2, 0.25) is 5.89 Å². The van der Waals surface area contributed by atoms with Crippen molar-refractivity contribution in [3.63, 3.8) is 0 Å². The number of ether oxygens (including phenoxy) is 1. The first-order valence-corrected chi connectivity index (χ1v) is 8.86. The van der Waals surface area contributed by atoms with Gasteiger partial charge in [-0.15, -0.1) is 0 Å². The molecule has 1 aromatic heterocycles. The summed E-state index contributed by atoms with van der Waals surface area (Å²) in [7, 11) is 3.74. The second-order valence-corrected chi connectivity index (χ2v) is 7.30. The molecule has 0 aliphatic carbocycles. The van der Waals surface area contributed by atoms with E-state index in [2.05, 4.69) is 36.1 Å². The summed E-state index contributed by atoms with van der Waals surface area (Å²) in [5.41, 5.74) is 1.09. The van der Waals surface area contributed by atoms with E-state index in [0.717, 1.165) is 23.0 Å². The van der Waals surface area contributed by atoms with E-state index in [-0.39, 0.29) is 5.41 Å². The molecule has 142 valence electrons. The Hall–Kier alpha value is -2.50. The van der Waals surface area contributed by atoms with Crippen LogP contribution >= 0.6 is 0 Å². The van der Waals surface area contributed by atoms with E-state index in [1.54, 1.807) is 13.2 Å². The minimum atomic E-state index is -0.0450. The first-order valence-electron chi connectivity index (χ1n) is 8.86. The van der Waals surface area contributed by atoms with E-state index in [1.165, 1.54) is 0 Å². The number of aromatic nitrogens is 1. The SMILES string of the molecule is CN=C(NCc1ncc(C(C)(C)C)o1)N(C)CCOc1ccccc1C. The number of hydrogen-bond acceptors (Lipinski definition) is 4. The summed E-state index contributed by atoms with van der Waals surface area (Å²) in [6.07, 6.45) is 1.79. The summed E-state index contributed by atoms with van der Waals surface area (Å²) in [6.45, 7) is 10.1. The number of nitrogens with one attached hydrogen (secondary N) is 1. The lowest BCUT2D eigenvalue weighted by Crippen LogP contribution is -2.40. The van der Waals surface area contributed by atoms with Crippen molar-refractivity contribution < 1.29 is 9.15 Å². The van der Waals surface area contributed by atoms with Gasteiger partial charge in [0.05, 0.1) is 19.3 Å². The molecule has 0 unspecified atom stereocenters. The molecule has 6 nitrogen and oxygen atoms in total. The van der Waals surface area contributed by atoms with Gasteiger partial charge in [0.15, 0.2) is 5.96 Å². The standard InChI is InChI=1S/C20H30N4O2/c1-15-9-7-8-10-16(15)25-12-11-24(6)19(21-5)23-14-18-22-13-17(26-18)20(2,3)4/h7-10,13H,11-12,14H2,1-6H3,(H,21,23). The highest BCUT2D eigenvalue weighted by molar-refractivity contribution is 5.79. The highest BCUT2D eigenvalue weighted by Gasteiger charge is 2.19. The van der Waals surface area contributed by atoms with Crippen LogP contribution in [0.4, 0.5) is 0 Å². The third kappa shape index (κ3) is 5.51. The minimum absolute atomic E-state index is 0.0450. The average molecular weight is 358 g/mol. The fraction of sp³-hybridized carbons (Fsp3) is 0.500. The Morgan fingerprint density at radius 2 is 2.04 bits per heavy atom. The van der Waals surface area contributed by atoms with E-state index in [0.29, 0.717) is 25.6 Å². The molecule has 1 heterocycles. The topological polar surface area (TPSA) is 62.9 Å². The number of aliphatic imine (C=N–C) groups is 1. The molecule has 0 saturated heterocycles. The van der Waals surface area contributed by atoms with Gasteiger partial charge in [0, 0.05) is 19.5 Å². The van der Waals surface area contributed by atoms with Gasteiger partial charge in [0.25, 0.3) is 0 Å². The number of benzene rings is 1. The van der Waals surface area contributed by atoms with Crippen LogP contribution in [0.5, 0.6) is 5.75 Å². The number of nitrogens with zero attached hydrogens (tertiary/aromatic N) is 3. The molecule has 0 fully saturated rings. The van der Waals surface area contributed by atoms with E-state index in [4.69, 9.17) is 9.15 Å². The van der Waals surface area contributed by atoms with Crippen LogP contribution in [0.1, 0.15) is 38.0 Å². The molecule has 0 amide bonds. The predicted molar refractivity (Wildman–Crippen MR) is 105 cm³/mol. The molecule has 0 spiro atoms. The molecule has 6 heteroatoms. The molecule has 0 aliphatic rings. The maximum Gasteiger partial charge on any atom is 0.213 e. The molecule has 2 rings (SSSR count). The number of aryl methyl sites for hydroxylation is 1. The second-order valence-electron chi connectivity index (χ2n) is 7.30. The summed E-state index contributed by atoms with van der Waals surface area (Å²) in [5.74, 6) is 3.22. The van der Waals surface area contributed by atoms with Crippen molar-refractivity contribution in [2.24, 2.45) is 4.99 Å². The Bertz CT molecular complexity index is 731. The summed E-state index contributed by atoms with van der Waals surface area (Å²) in [6, 6.07) is 8.02. The second kappa shape index (κ2) is 8.74. The van der Waals surface area contributed by atoms with Gasteiger partial charge in [-0.05, 0) is 18.6 Å². The lowest BCUT2D eigenvalue weighted by atomic mass is 9.94. The van der Waals surface area contributed by atoms with Crippen LogP contribution in [0.25, 0.3) is 0 Å². The van der Waals surface area contributed by atoms with Gasteiger partial charge in [-0.1, -0.05) is 39.0 Å². The summed E-state index contributed by atoms with van der Waals surface area (Å²) < 4.78 is 11.7. The van der Waals surface area contributed by atoms with Crippen molar-refractivity contribution in [3.8, 4) is 5.75 Å². The Labute approximate surface area is 156 Å². The zero-order chi connectivity index (χ0) is 19.2. The largest absolute Gasteiger partial charge is 0.491 e. The molecule has 0 aliphatic heterocycles. The van der Waals surface area contributed by atoms with E-state index in [9.17, 15) is 0 Å². The lowest BCUT2D eigenvalue weighted by molar-refractivity contribution is 0.279. The van der Waals surface area contributed by atoms with Crippen molar-refractivity contribution in [1.82, 2.24) is 15.2 Å². The fourth-order valence-electron chi connectivity index (χ4n) is 2.39. The number of para-hydroxylation sites is 1. The fourth-order valence-corrected chi connectivity index (χ4v) is 2.39. The first-order chi connectivity index (χ1) is 12.3. The van der Waals surface area contributed by atoms with Crippen LogP contribution in [-0.2, 0) is 12.0 Å². The number of oxazole rings is 1. The Morgan fingerprint density at radius 3 is 2.65 bits per heavy atom. The van der Waals surface area contributed by atoms with Gasteiger partial charge < -0.3 is 19.4 Å². The van der Waals surface area contributed by atoms with Gasteiger partial charge in [-0.3, -0.25) is 4.99 Å². The summed E-state index contributed by atoms with van der Waals surface area (Å²) >= 11 is 0. The number of guanidine groups is 1. The summed E-state index contributed by atoms with van der Waals surface area (Å²) in [5, 5.41) is 3.27. The quantitative estimate of drug-likeness (QED) is 0.634. The van der Waals surface area contributed by atoms with Gasteiger partial charge in [-0.2, -0.15) is 0 Å². The van der Waals surface area contributed by atoms with Crippen LogP contribution in [0.2, 0.25) is 0 Å². The van der Waals surface area contributed by atoms with E-state index < -0.39 is 0 Å².